The van der Waals surface area contributed by atoms with Crippen molar-refractivity contribution < 1.29 is 0 Å². The molecule has 5 nitrogen and oxygen atoms in total. The van der Waals surface area contributed by atoms with Gasteiger partial charge in [-0.3, -0.25) is 4.57 Å². The highest BCUT2D eigenvalue weighted by Crippen LogP contribution is 2.39. The number of hydrogen-bond donors (Lipinski definition) is 0. The molecule has 0 amide bonds. The van der Waals surface area contributed by atoms with E-state index in [4.69, 9.17) is 15.0 Å². The summed E-state index contributed by atoms with van der Waals surface area (Å²) in [5, 5.41) is 4.66. The zero-order chi connectivity index (χ0) is 41.0. The van der Waals surface area contributed by atoms with Crippen molar-refractivity contribution in [2.24, 2.45) is 0 Å². The van der Waals surface area contributed by atoms with E-state index in [2.05, 4.69) is 228 Å². The summed E-state index contributed by atoms with van der Waals surface area (Å²) in [6, 6.07) is 79.3. The van der Waals surface area contributed by atoms with Crippen LogP contribution in [0.2, 0.25) is 0 Å². The molecule has 0 aliphatic heterocycles. The van der Waals surface area contributed by atoms with Crippen molar-refractivity contribution >= 4 is 43.6 Å². The minimum absolute atomic E-state index is 0.562. The SMILES string of the molecule is c1ccc(-c2ccc(-c3ccc4c(c3)c3ccccc3n4-c3ccccc3-c3nc(-c4cccc(-c5ccccc5)c4)nc(-n4c5ccccc5c5ccccc54)n3)cc2)cc1. The first-order chi connectivity index (χ1) is 30.7. The fourth-order valence-corrected chi connectivity index (χ4v) is 9.08. The lowest BCUT2D eigenvalue weighted by Gasteiger charge is -2.15. The molecule has 0 fully saturated rings. The number of hydrogen-bond acceptors (Lipinski definition) is 3. The minimum Gasteiger partial charge on any atom is -0.309 e. The quantitative estimate of drug-likeness (QED) is 0.162. The molecule has 0 saturated carbocycles. The fourth-order valence-electron chi connectivity index (χ4n) is 9.08. The predicted octanol–water partition coefficient (Wildman–Crippen LogP) is 14.4. The van der Waals surface area contributed by atoms with Crippen molar-refractivity contribution in [2.75, 3.05) is 0 Å². The Morgan fingerprint density at radius 2 is 0.694 bits per heavy atom. The van der Waals surface area contributed by atoms with Crippen LogP contribution in [0.25, 0.3) is 111 Å². The standard InChI is InChI=1S/C57H37N5/c1-3-16-38(17-4-1)40-30-32-41(33-31-40)43-34-35-54-49(37-43)47-24-9-11-26-50(47)61(54)53-29-14-10-25-48(53)56-58-55(44-21-15-20-42(36-44)39-18-5-2-6-19-39)59-57(60-56)62-51-27-12-7-22-45(51)46-23-8-13-28-52(46)62/h1-37H. The Kier molecular flexibility index (Phi) is 8.42. The van der Waals surface area contributed by atoms with Gasteiger partial charge in [0.05, 0.1) is 27.8 Å². The monoisotopic (exact) mass is 791 g/mol. The topological polar surface area (TPSA) is 48.5 Å². The molecular weight excluding hydrogens is 755 g/mol. The molecule has 0 saturated heterocycles. The first-order valence-corrected chi connectivity index (χ1v) is 20.9. The molecule has 0 radical (unpaired) electrons. The summed E-state index contributed by atoms with van der Waals surface area (Å²) in [7, 11) is 0. The van der Waals surface area contributed by atoms with E-state index in [1.54, 1.807) is 0 Å². The smallest absolute Gasteiger partial charge is 0.238 e. The third kappa shape index (κ3) is 5.98. The van der Waals surface area contributed by atoms with Crippen LogP contribution in [0.5, 0.6) is 0 Å². The lowest BCUT2D eigenvalue weighted by Crippen LogP contribution is -2.07. The zero-order valence-corrected chi connectivity index (χ0v) is 33.6. The lowest BCUT2D eigenvalue weighted by molar-refractivity contribution is 0.951. The molecule has 12 aromatic rings. The molecule has 0 unspecified atom stereocenters. The molecule has 12 rings (SSSR count). The summed E-state index contributed by atoms with van der Waals surface area (Å²) in [5.74, 6) is 1.76. The molecule has 0 bridgehead atoms. The normalized spacial score (nSPS) is 11.5. The largest absolute Gasteiger partial charge is 0.309 e. The van der Waals surface area contributed by atoms with Crippen LogP contribution in [0.15, 0.2) is 224 Å². The van der Waals surface area contributed by atoms with Gasteiger partial charge in [0.25, 0.3) is 0 Å². The molecule has 290 valence electrons. The van der Waals surface area contributed by atoms with Crippen LogP contribution in [0, 0.1) is 0 Å². The second-order valence-corrected chi connectivity index (χ2v) is 15.6. The Balaban J connectivity index is 1.06. The highest BCUT2D eigenvalue weighted by Gasteiger charge is 2.21. The number of rotatable bonds is 7. The van der Waals surface area contributed by atoms with Crippen LogP contribution in [-0.4, -0.2) is 24.1 Å². The predicted molar refractivity (Wildman–Crippen MR) is 256 cm³/mol. The molecule has 3 heterocycles. The first-order valence-electron chi connectivity index (χ1n) is 20.9. The summed E-state index contributed by atoms with van der Waals surface area (Å²) < 4.78 is 4.54. The summed E-state index contributed by atoms with van der Waals surface area (Å²) in [6.45, 7) is 0. The van der Waals surface area contributed by atoms with Crippen LogP contribution >= 0.6 is 0 Å². The fraction of sp³-hybridized carbons (Fsp3) is 0. The first kappa shape index (κ1) is 35.5. The van der Waals surface area contributed by atoms with Gasteiger partial charge >= 0.3 is 0 Å². The van der Waals surface area contributed by atoms with Crippen LogP contribution in [-0.2, 0) is 0 Å². The van der Waals surface area contributed by atoms with Gasteiger partial charge in [-0.15, -0.1) is 0 Å². The number of para-hydroxylation sites is 4. The van der Waals surface area contributed by atoms with E-state index >= 15 is 0 Å². The maximum Gasteiger partial charge on any atom is 0.238 e. The van der Waals surface area contributed by atoms with Gasteiger partial charge in [0, 0.05) is 32.7 Å². The van der Waals surface area contributed by atoms with E-state index in [1.807, 2.05) is 6.07 Å². The van der Waals surface area contributed by atoms with Crippen LogP contribution in [0.3, 0.4) is 0 Å². The molecule has 0 spiro atoms. The third-order valence-electron chi connectivity index (χ3n) is 12.0. The third-order valence-corrected chi connectivity index (χ3v) is 12.0. The Morgan fingerprint density at radius 3 is 1.37 bits per heavy atom. The Morgan fingerprint density at radius 1 is 0.258 bits per heavy atom. The Bertz CT molecular complexity index is 3570. The van der Waals surface area contributed by atoms with E-state index in [-0.39, 0.29) is 0 Å². The summed E-state index contributed by atoms with van der Waals surface area (Å²) in [6.07, 6.45) is 0. The number of benzene rings is 9. The van der Waals surface area contributed by atoms with Crippen molar-refractivity contribution in [3.05, 3.63) is 224 Å². The molecule has 5 heteroatoms. The van der Waals surface area contributed by atoms with Crippen LogP contribution in [0.1, 0.15) is 0 Å². The van der Waals surface area contributed by atoms with E-state index in [1.165, 1.54) is 33.0 Å². The average molecular weight is 792 g/mol. The van der Waals surface area contributed by atoms with Gasteiger partial charge in [0.15, 0.2) is 11.6 Å². The zero-order valence-electron chi connectivity index (χ0n) is 33.6. The molecular formula is C57H37N5. The molecule has 9 aromatic carbocycles. The maximum absolute atomic E-state index is 5.39. The molecule has 3 aromatic heterocycles. The average Bonchev–Trinajstić information content (AvgIpc) is 3.87. The summed E-state index contributed by atoms with van der Waals surface area (Å²) >= 11 is 0. The van der Waals surface area contributed by atoms with Crippen molar-refractivity contribution in [3.8, 4) is 67.8 Å². The molecule has 0 atom stereocenters. The van der Waals surface area contributed by atoms with Crippen molar-refractivity contribution in [3.63, 3.8) is 0 Å². The van der Waals surface area contributed by atoms with E-state index in [0.29, 0.717) is 17.6 Å². The maximum atomic E-state index is 5.39. The van der Waals surface area contributed by atoms with E-state index < -0.39 is 0 Å². The Labute approximate surface area is 358 Å². The second kappa shape index (κ2) is 14.7. The van der Waals surface area contributed by atoms with Gasteiger partial charge in [-0.2, -0.15) is 9.97 Å². The van der Waals surface area contributed by atoms with Gasteiger partial charge in [-0.25, -0.2) is 4.98 Å². The molecule has 0 aliphatic carbocycles. The highest BCUT2D eigenvalue weighted by molar-refractivity contribution is 6.11. The van der Waals surface area contributed by atoms with E-state index in [9.17, 15) is 0 Å². The van der Waals surface area contributed by atoms with Gasteiger partial charge in [-0.05, 0) is 81.9 Å². The highest BCUT2D eigenvalue weighted by atomic mass is 15.2. The summed E-state index contributed by atoms with van der Waals surface area (Å²) in [5.41, 5.74) is 14.1. The molecule has 0 aliphatic rings. The van der Waals surface area contributed by atoms with Gasteiger partial charge in [0.1, 0.15) is 0 Å². The van der Waals surface area contributed by atoms with Crippen LogP contribution < -0.4 is 0 Å². The van der Waals surface area contributed by atoms with Crippen molar-refractivity contribution in [2.45, 2.75) is 0 Å². The number of nitrogens with zero attached hydrogens (tertiary/aromatic N) is 5. The number of fused-ring (bicyclic) bond motifs is 6. The molecule has 62 heavy (non-hydrogen) atoms. The van der Waals surface area contributed by atoms with Gasteiger partial charge < -0.3 is 4.57 Å². The van der Waals surface area contributed by atoms with Gasteiger partial charge in [-0.1, -0.05) is 176 Å². The van der Waals surface area contributed by atoms with Crippen LogP contribution in [0.4, 0.5) is 0 Å². The van der Waals surface area contributed by atoms with Crippen molar-refractivity contribution in [1.82, 2.24) is 24.1 Å². The van der Waals surface area contributed by atoms with E-state index in [0.717, 1.165) is 60.8 Å². The van der Waals surface area contributed by atoms with Gasteiger partial charge in [0.2, 0.25) is 5.95 Å². The number of aromatic nitrogens is 5. The minimum atomic E-state index is 0.562. The second-order valence-electron chi connectivity index (χ2n) is 15.6. The molecule has 0 N–H and O–H groups in total. The lowest BCUT2D eigenvalue weighted by atomic mass is 9.99. The summed E-state index contributed by atoms with van der Waals surface area (Å²) in [4.78, 5) is 16.0. The van der Waals surface area contributed by atoms with Crippen molar-refractivity contribution in [1.29, 1.82) is 0 Å². The Hall–Kier alpha value is -8.41.